The third-order valence-corrected chi connectivity index (χ3v) is 5.96. The number of halogens is 2. The van der Waals surface area contributed by atoms with Crippen LogP contribution in [0.15, 0.2) is 22.7 Å². The Balaban J connectivity index is 2.13. The number of hydrogen-bond acceptors (Lipinski definition) is 1. The minimum Gasteiger partial charge on any atom is -0.346 e. The van der Waals surface area contributed by atoms with Crippen molar-refractivity contribution in [2.75, 3.05) is 5.33 Å². The molecule has 1 aromatic rings. The highest BCUT2D eigenvalue weighted by atomic mass is 79.9. The summed E-state index contributed by atoms with van der Waals surface area (Å²) in [5.41, 5.74) is 1.78. The SMILES string of the molecule is Cc1ccc(C(=O)NC2(CBr)CCC(C)CC2)c(Br)c1. The normalized spacial score (nSPS) is 26.3. The van der Waals surface area contributed by atoms with Crippen molar-refractivity contribution in [3.05, 3.63) is 33.8 Å². The monoisotopic (exact) mass is 401 g/mol. The summed E-state index contributed by atoms with van der Waals surface area (Å²) >= 11 is 7.08. The zero-order valence-corrected chi connectivity index (χ0v) is 15.2. The average Bonchev–Trinajstić information content (AvgIpc) is 2.41. The molecule has 20 heavy (non-hydrogen) atoms. The summed E-state index contributed by atoms with van der Waals surface area (Å²) in [4.78, 5) is 12.5. The van der Waals surface area contributed by atoms with Crippen LogP contribution in [0.2, 0.25) is 0 Å². The fourth-order valence-corrected chi connectivity index (χ4v) is 4.09. The maximum Gasteiger partial charge on any atom is 0.252 e. The average molecular weight is 403 g/mol. The zero-order chi connectivity index (χ0) is 14.8. The Morgan fingerprint density at radius 2 is 2.05 bits per heavy atom. The maximum absolute atomic E-state index is 12.5. The Bertz CT molecular complexity index is 493. The van der Waals surface area contributed by atoms with E-state index in [1.807, 2.05) is 25.1 Å². The molecule has 0 atom stereocenters. The molecule has 0 spiro atoms. The number of carbonyl (C=O) groups excluding carboxylic acids is 1. The quantitative estimate of drug-likeness (QED) is 0.720. The second kappa shape index (κ2) is 6.61. The van der Waals surface area contributed by atoms with Crippen molar-refractivity contribution in [2.24, 2.45) is 5.92 Å². The lowest BCUT2D eigenvalue weighted by Gasteiger charge is -2.39. The topological polar surface area (TPSA) is 29.1 Å². The van der Waals surface area contributed by atoms with Crippen LogP contribution in [0, 0.1) is 12.8 Å². The lowest BCUT2D eigenvalue weighted by atomic mass is 9.78. The van der Waals surface area contributed by atoms with Crippen LogP contribution in [0.4, 0.5) is 0 Å². The Morgan fingerprint density at radius 3 is 2.60 bits per heavy atom. The van der Waals surface area contributed by atoms with Gasteiger partial charge in [-0.15, -0.1) is 0 Å². The van der Waals surface area contributed by atoms with E-state index < -0.39 is 0 Å². The minimum atomic E-state index is -0.0894. The molecular formula is C16H21Br2NO. The lowest BCUT2D eigenvalue weighted by molar-refractivity contribution is 0.0873. The van der Waals surface area contributed by atoms with Crippen LogP contribution in [-0.4, -0.2) is 16.8 Å². The van der Waals surface area contributed by atoms with Gasteiger partial charge in [0, 0.05) is 9.80 Å². The van der Waals surface area contributed by atoms with Crippen LogP contribution in [0.1, 0.15) is 48.5 Å². The third-order valence-electron chi connectivity index (χ3n) is 4.24. The molecule has 0 unspecified atom stereocenters. The molecule has 4 heteroatoms. The standard InChI is InChI=1S/C16H21Br2NO/c1-11-5-7-16(10-17,8-6-11)19-15(20)13-4-3-12(2)9-14(13)18/h3-4,9,11H,5-8,10H2,1-2H3,(H,19,20). The molecular weight excluding hydrogens is 382 g/mol. The number of benzene rings is 1. The van der Waals surface area contributed by atoms with Crippen LogP contribution in [0.25, 0.3) is 0 Å². The summed E-state index contributed by atoms with van der Waals surface area (Å²) in [6.45, 7) is 4.31. The van der Waals surface area contributed by atoms with Crippen LogP contribution in [0.5, 0.6) is 0 Å². The highest BCUT2D eigenvalue weighted by Gasteiger charge is 2.35. The number of aryl methyl sites for hydroxylation is 1. The molecule has 1 saturated carbocycles. The number of alkyl halides is 1. The number of amides is 1. The van der Waals surface area contributed by atoms with Crippen molar-refractivity contribution in [1.29, 1.82) is 0 Å². The van der Waals surface area contributed by atoms with Gasteiger partial charge in [-0.1, -0.05) is 28.9 Å². The molecule has 1 aliphatic carbocycles. The van der Waals surface area contributed by atoms with Gasteiger partial charge in [0.15, 0.2) is 0 Å². The van der Waals surface area contributed by atoms with E-state index >= 15 is 0 Å². The first kappa shape index (κ1) is 16.0. The lowest BCUT2D eigenvalue weighted by Crippen LogP contribution is -2.52. The van der Waals surface area contributed by atoms with Gasteiger partial charge in [0.2, 0.25) is 0 Å². The van der Waals surface area contributed by atoms with Gasteiger partial charge in [0.05, 0.1) is 11.1 Å². The summed E-state index contributed by atoms with van der Waals surface area (Å²) in [5, 5.41) is 4.08. The van der Waals surface area contributed by atoms with E-state index in [2.05, 4.69) is 44.1 Å². The molecule has 0 saturated heterocycles. The molecule has 1 amide bonds. The summed E-state index contributed by atoms with van der Waals surface area (Å²) in [6.07, 6.45) is 4.46. The van der Waals surface area contributed by atoms with Gasteiger partial charge in [0.1, 0.15) is 0 Å². The Hall–Kier alpha value is -0.350. The molecule has 0 radical (unpaired) electrons. The predicted octanol–water partition coefficient (Wildman–Crippen LogP) is 4.83. The van der Waals surface area contributed by atoms with E-state index in [4.69, 9.17) is 0 Å². The van der Waals surface area contributed by atoms with Crippen LogP contribution in [-0.2, 0) is 0 Å². The van der Waals surface area contributed by atoms with Crippen molar-refractivity contribution in [3.8, 4) is 0 Å². The number of hydrogen-bond donors (Lipinski definition) is 1. The van der Waals surface area contributed by atoms with Gasteiger partial charge in [-0.2, -0.15) is 0 Å². The first-order valence-electron chi connectivity index (χ1n) is 7.10. The summed E-state index contributed by atoms with van der Waals surface area (Å²) in [7, 11) is 0. The van der Waals surface area contributed by atoms with Crippen LogP contribution >= 0.6 is 31.9 Å². The Morgan fingerprint density at radius 1 is 1.40 bits per heavy atom. The van der Waals surface area contributed by atoms with E-state index in [1.165, 1.54) is 12.8 Å². The second-order valence-corrected chi connectivity index (χ2v) is 7.45. The van der Waals surface area contributed by atoms with Gasteiger partial charge >= 0.3 is 0 Å². The highest BCUT2D eigenvalue weighted by molar-refractivity contribution is 9.10. The molecule has 0 heterocycles. The van der Waals surface area contributed by atoms with Crippen LogP contribution in [0.3, 0.4) is 0 Å². The highest BCUT2D eigenvalue weighted by Crippen LogP contribution is 2.33. The molecule has 0 aromatic heterocycles. The summed E-state index contributed by atoms with van der Waals surface area (Å²) < 4.78 is 0.865. The van der Waals surface area contributed by atoms with Gasteiger partial charge in [0.25, 0.3) is 5.91 Å². The molecule has 110 valence electrons. The van der Waals surface area contributed by atoms with Gasteiger partial charge in [-0.3, -0.25) is 4.79 Å². The maximum atomic E-state index is 12.5. The zero-order valence-electron chi connectivity index (χ0n) is 12.0. The largest absolute Gasteiger partial charge is 0.346 e. The van der Waals surface area contributed by atoms with Crippen molar-refractivity contribution in [1.82, 2.24) is 5.32 Å². The van der Waals surface area contributed by atoms with E-state index in [0.29, 0.717) is 0 Å². The first-order valence-corrected chi connectivity index (χ1v) is 9.02. The van der Waals surface area contributed by atoms with Gasteiger partial charge in [-0.25, -0.2) is 0 Å². The number of rotatable bonds is 3. The van der Waals surface area contributed by atoms with Crippen molar-refractivity contribution in [2.45, 2.75) is 45.1 Å². The van der Waals surface area contributed by atoms with Crippen molar-refractivity contribution >= 4 is 37.8 Å². The molecule has 1 aromatic carbocycles. The molecule has 1 N–H and O–H groups in total. The molecule has 0 bridgehead atoms. The number of nitrogens with one attached hydrogen (secondary N) is 1. The molecule has 2 nitrogen and oxygen atoms in total. The first-order chi connectivity index (χ1) is 9.46. The van der Waals surface area contributed by atoms with E-state index in [9.17, 15) is 4.79 Å². The van der Waals surface area contributed by atoms with E-state index in [0.717, 1.165) is 39.7 Å². The second-order valence-electron chi connectivity index (χ2n) is 6.03. The van der Waals surface area contributed by atoms with Crippen LogP contribution < -0.4 is 5.32 Å². The van der Waals surface area contributed by atoms with Gasteiger partial charge < -0.3 is 5.32 Å². The summed E-state index contributed by atoms with van der Waals surface area (Å²) in [6, 6.07) is 5.85. The smallest absolute Gasteiger partial charge is 0.252 e. The third kappa shape index (κ3) is 3.64. The van der Waals surface area contributed by atoms with Crippen molar-refractivity contribution in [3.63, 3.8) is 0 Å². The van der Waals surface area contributed by atoms with Gasteiger partial charge in [-0.05, 0) is 72.2 Å². The predicted molar refractivity (Wildman–Crippen MR) is 90.5 cm³/mol. The molecule has 1 aliphatic rings. The summed E-state index contributed by atoms with van der Waals surface area (Å²) in [5.74, 6) is 0.788. The minimum absolute atomic E-state index is 0.0193. The number of carbonyl (C=O) groups is 1. The molecule has 2 rings (SSSR count). The Labute approximate surface area is 138 Å². The molecule has 1 fully saturated rings. The van der Waals surface area contributed by atoms with E-state index in [1.54, 1.807) is 0 Å². The molecule has 0 aliphatic heterocycles. The fourth-order valence-electron chi connectivity index (χ4n) is 2.72. The fraction of sp³-hybridized carbons (Fsp3) is 0.562. The van der Waals surface area contributed by atoms with Crippen molar-refractivity contribution < 1.29 is 4.79 Å². The van der Waals surface area contributed by atoms with E-state index in [-0.39, 0.29) is 11.4 Å². The Kier molecular flexibility index (Phi) is 5.30.